The van der Waals surface area contributed by atoms with E-state index in [-0.39, 0.29) is 0 Å². The summed E-state index contributed by atoms with van der Waals surface area (Å²) in [5, 5.41) is 0. The average Bonchev–Trinajstić information content (AvgIpc) is 3.34. The molecule has 0 bridgehead atoms. The minimum absolute atomic E-state index is 0.527. The number of hydrogen-bond donors (Lipinski definition) is 0. The molecule has 2 atom stereocenters. The van der Waals surface area contributed by atoms with Crippen LogP contribution in [0, 0.1) is 0 Å². The summed E-state index contributed by atoms with van der Waals surface area (Å²) in [7, 11) is 0. The summed E-state index contributed by atoms with van der Waals surface area (Å²) in [6.07, 6.45) is 30.4. The van der Waals surface area contributed by atoms with E-state index in [2.05, 4.69) is 38.2 Å². The molecule has 24 heavy (non-hydrogen) atoms. The Kier molecular flexibility index (Phi) is 14.3. The molecule has 1 aliphatic rings. The van der Waals surface area contributed by atoms with Crippen LogP contribution in [0.25, 0.3) is 0 Å². The molecule has 0 radical (unpaired) electrons. The van der Waals surface area contributed by atoms with Crippen LogP contribution in [-0.2, 0) is 4.74 Å². The summed E-state index contributed by atoms with van der Waals surface area (Å²) in [4.78, 5) is 0. The maximum Gasteiger partial charge on any atom is 0.0876 e. The van der Waals surface area contributed by atoms with Crippen molar-refractivity contribution in [3.8, 4) is 0 Å². The minimum Gasteiger partial charge on any atom is -0.369 e. The molecule has 1 heterocycles. The highest BCUT2D eigenvalue weighted by atomic mass is 16.6. The highest BCUT2D eigenvalue weighted by molar-refractivity contribution is 4.97. The molecule has 1 nitrogen and oxygen atoms in total. The first-order chi connectivity index (χ1) is 11.9. The summed E-state index contributed by atoms with van der Waals surface area (Å²) >= 11 is 0. The van der Waals surface area contributed by atoms with Crippen LogP contribution in [0.5, 0.6) is 0 Å². The van der Waals surface area contributed by atoms with Gasteiger partial charge >= 0.3 is 0 Å². The monoisotopic (exact) mass is 334 g/mol. The van der Waals surface area contributed by atoms with Crippen LogP contribution < -0.4 is 0 Å². The van der Waals surface area contributed by atoms with E-state index in [0.29, 0.717) is 12.2 Å². The molecule has 0 spiro atoms. The lowest BCUT2D eigenvalue weighted by molar-refractivity contribution is 0.358. The van der Waals surface area contributed by atoms with Crippen LogP contribution in [0.2, 0.25) is 0 Å². The highest BCUT2D eigenvalue weighted by Crippen LogP contribution is 2.30. The van der Waals surface area contributed by atoms with E-state index in [1.807, 2.05) is 0 Å². The Balaban J connectivity index is 1.77. The molecule has 140 valence electrons. The minimum atomic E-state index is 0.527. The topological polar surface area (TPSA) is 12.5 Å². The molecule has 2 unspecified atom stereocenters. The van der Waals surface area contributed by atoms with E-state index in [4.69, 9.17) is 4.74 Å². The Bertz CT molecular complexity index is 318. The van der Waals surface area contributed by atoms with E-state index in [9.17, 15) is 0 Å². The van der Waals surface area contributed by atoms with Gasteiger partial charge in [-0.3, -0.25) is 0 Å². The van der Waals surface area contributed by atoms with E-state index in [1.54, 1.807) is 0 Å². The average molecular weight is 335 g/mol. The lowest BCUT2D eigenvalue weighted by Crippen LogP contribution is -1.93. The Morgan fingerprint density at radius 3 is 1.83 bits per heavy atom. The summed E-state index contributed by atoms with van der Waals surface area (Å²) in [5.74, 6) is 0. The van der Waals surface area contributed by atoms with Crippen molar-refractivity contribution in [2.45, 2.75) is 122 Å². The molecule has 0 N–H and O–H groups in total. The third-order valence-electron chi connectivity index (χ3n) is 4.99. The fourth-order valence-electron chi connectivity index (χ4n) is 3.32. The zero-order chi connectivity index (χ0) is 17.3. The number of unbranched alkanes of at least 4 members (excludes halogenated alkanes) is 10. The van der Waals surface area contributed by atoms with E-state index < -0.39 is 0 Å². The quantitative estimate of drug-likeness (QED) is 0.150. The molecule has 0 aromatic heterocycles. The second-order valence-electron chi connectivity index (χ2n) is 7.36. The largest absolute Gasteiger partial charge is 0.369 e. The van der Waals surface area contributed by atoms with Crippen molar-refractivity contribution in [3.05, 3.63) is 24.3 Å². The van der Waals surface area contributed by atoms with Crippen molar-refractivity contribution < 1.29 is 4.74 Å². The van der Waals surface area contributed by atoms with E-state index in [0.717, 1.165) is 19.3 Å². The van der Waals surface area contributed by atoms with Crippen molar-refractivity contribution in [1.29, 1.82) is 0 Å². The third kappa shape index (κ3) is 12.8. The number of allylic oxidation sites excluding steroid dienone is 3. The first-order valence-electron chi connectivity index (χ1n) is 10.8. The van der Waals surface area contributed by atoms with Gasteiger partial charge in [-0.25, -0.2) is 0 Å². The number of epoxide rings is 1. The maximum atomic E-state index is 5.77. The predicted octanol–water partition coefficient (Wildman–Crippen LogP) is 7.76. The van der Waals surface area contributed by atoms with Gasteiger partial charge in [-0.05, 0) is 25.7 Å². The van der Waals surface area contributed by atoms with Crippen molar-refractivity contribution in [3.63, 3.8) is 0 Å². The van der Waals surface area contributed by atoms with Gasteiger partial charge in [0.15, 0.2) is 0 Å². The van der Waals surface area contributed by atoms with Crippen molar-refractivity contribution in [1.82, 2.24) is 0 Å². The van der Waals surface area contributed by atoms with E-state index in [1.165, 1.54) is 77.0 Å². The zero-order valence-corrected chi connectivity index (χ0v) is 16.5. The summed E-state index contributed by atoms with van der Waals surface area (Å²) < 4.78 is 5.77. The lowest BCUT2D eigenvalue weighted by Gasteiger charge is -2.02. The van der Waals surface area contributed by atoms with Crippen molar-refractivity contribution >= 4 is 0 Å². The number of hydrogen-bond acceptors (Lipinski definition) is 1. The van der Waals surface area contributed by atoms with Gasteiger partial charge in [-0.15, -0.1) is 0 Å². The van der Waals surface area contributed by atoms with Gasteiger partial charge < -0.3 is 4.74 Å². The first kappa shape index (κ1) is 21.5. The van der Waals surface area contributed by atoms with Crippen LogP contribution in [0.4, 0.5) is 0 Å². The van der Waals surface area contributed by atoms with Gasteiger partial charge in [0, 0.05) is 0 Å². The fourth-order valence-corrected chi connectivity index (χ4v) is 3.32. The van der Waals surface area contributed by atoms with Gasteiger partial charge in [0.25, 0.3) is 0 Å². The normalized spacial score (nSPS) is 20.4. The van der Waals surface area contributed by atoms with Crippen molar-refractivity contribution in [2.75, 3.05) is 0 Å². The maximum absolute atomic E-state index is 5.77. The summed E-state index contributed by atoms with van der Waals surface area (Å²) in [5.41, 5.74) is 0. The smallest absolute Gasteiger partial charge is 0.0876 e. The Morgan fingerprint density at radius 1 is 0.625 bits per heavy atom. The Morgan fingerprint density at radius 2 is 1.21 bits per heavy atom. The van der Waals surface area contributed by atoms with Crippen LogP contribution in [0.3, 0.4) is 0 Å². The van der Waals surface area contributed by atoms with Crippen LogP contribution in [-0.4, -0.2) is 12.2 Å². The molecule has 0 amide bonds. The molecule has 1 heteroatoms. The zero-order valence-electron chi connectivity index (χ0n) is 16.5. The number of ether oxygens (including phenoxy) is 1. The fraction of sp³-hybridized carbons (Fsp3) is 0.826. The lowest BCUT2D eigenvalue weighted by atomic mass is 10.0. The van der Waals surface area contributed by atoms with Gasteiger partial charge in [-0.2, -0.15) is 0 Å². The standard InChI is InChI=1S/C23H42O/c1-3-5-7-9-11-12-13-14-15-17-19-21-23-22(24-23)20-18-16-10-8-6-4-2/h6,8,16,18,22-23H,3-5,7,9-15,17,19-21H2,1-2H3/b8-6-,18-16-. The molecule has 1 fully saturated rings. The Hall–Kier alpha value is -0.560. The second kappa shape index (κ2) is 15.9. The first-order valence-corrected chi connectivity index (χ1v) is 10.8. The van der Waals surface area contributed by atoms with Crippen LogP contribution >= 0.6 is 0 Å². The molecular formula is C23H42O. The molecule has 1 aliphatic heterocycles. The molecular weight excluding hydrogens is 292 g/mol. The molecule has 0 aliphatic carbocycles. The molecule has 0 saturated carbocycles. The van der Waals surface area contributed by atoms with E-state index >= 15 is 0 Å². The SMILES string of the molecule is CC/C=C\C/C=C\CC1OC1CCCCCCCCCCCCC. The summed E-state index contributed by atoms with van der Waals surface area (Å²) in [6.45, 7) is 4.47. The summed E-state index contributed by atoms with van der Waals surface area (Å²) in [6, 6.07) is 0. The molecule has 1 saturated heterocycles. The molecule has 1 rings (SSSR count). The number of rotatable bonds is 17. The van der Waals surface area contributed by atoms with Gasteiger partial charge in [0.05, 0.1) is 12.2 Å². The van der Waals surface area contributed by atoms with Crippen LogP contribution in [0.15, 0.2) is 24.3 Å². The van der Waals surface area contributed by atoms with Gasteiger partial charge in [-0.1, -0.05) is 109 Å². The van der Waals surface area contributed by atoms with Crippen LogP contribution in [0.1, 0.15) is 110 Å². The van der Waals surface area contributed by atoms with Crippen molar-refractivity contribution in [2.24, 2.45) is 0 Å². The van der Waals surface area contributed by atoms with Gasteiger partial charge in [0.1, 0.15) is 0 Å². The second-order valence-corrected chi connectivity index (χ2v) is 7.36. The Labute approximate surface area is 151 Å². The molecule has 0 aromatic carbocycles. The molecule has 0 aromatic rings. The third-order valence-corrected chi connectivity index (χ3v) is 4.99. The predicted molar refractivity (Wildman–Crippen MR) is 108 cm³/mol. The highest BCUT2D eigenvalue weighted by Gasteiger charge is 2.36. The van der Waals surface area contributed by atoms with Gasteiger partial charge in [0.2, 0.25) is 0 Å².